The Balaban J connectivity index is 1.73. The Hall–Kier alpha value is -1.35. The average Bonchev–Trinajstić information content (AvgIpc) is 3.04. The van der Waals surface area contributed by atoms with E-state index in [-0.39, 0.29) is 23.8 Å². The number of fused-ring (bicyclic) bond motifs is 1. The smallest absolute Gasteiger partial charge is 0.243 e. The van der Waals surface area contributed by atoms with Crippen LogP contribution in [0.25, 0.3) is 0 Å². The highest BCUT2D eigenvalue weighted by molar-refractivity contribution is 7.89. The summed E-state index contributed by atoms with van der Waals surface area (Å²) in [5, 5.41) is 0. The molecule has 0 bridgehead atoms. The molecule has 1 aromatic rings. The highest BCUT2D eigenvalue weighted by Crippen LogP contribution is 2.35. The Labute approximate surface area is 149 Å². The Morgan fingerprint density at radius 2 is 1.84 bits per heavy atom. The summed E-state index contributed by atoms with van der Waals surface area (Å²) in [5.74, 6) is 1.07. The van der Waals surface area contributed by atoms with Crippen molar-refractivity contribution < 1.29 is 22.6 Å². The second-order valence-electron chi connectivity index (χ2n) is 6.62. The van der Waals surface area contributed by atoms with Crippen molar-refractivity contribution in [3.05, 3.63) is 18.2 Å². The zero-order chi connectivity index (χ0) is 18.0. The largest absolute Gasteiger partial charge is 0.454 e. The molecular weight excluding hydrogens is 344 g/mol. The highest BCUT2D eigenvalue weighted by Gasteiger charge is 2.36. The van der Waals surface area contributed by atoms with Gasteiger partial charge in [0.2, 0.25) is 16.8 Å². The summed E-state index contributed by atoms with van der Waals surface area (Å²) in [6.45, 7) is 6.87. The first-order valence-corrected chi connectivity index (χ1v) is 10.0. The third-order valence-corrected chi connectivity index (χ3v) is 6.64. The van der Waals surface area contributed by atoms with Crippen LogP contribution in [0.3, 0.4) is 0 Å². The molecular formula is C17H26N2O5S. The molecule has 2 heterocycles. The maximum absolute atomic E-state index is 13.0. The van der Waals surface area contributed by atoms with Crippen molar-refractivity contribution in [2.75, 3.05) is 40.1 Å². The summed E-state index contributed by atoms with van der Waals surface area (Å²) in [6.07, 6.45) is 0.945. The number of hydrogen-bond acceptors (Lipinski definition) is 6. The maximum Gasteiger partial charge on any atom is 0.243 e. The molecule has 7 nitrogen and oxygen atoms in total. The minimum Gasteiger partial charge on any atom is -0.454 e. The fourth-order valence-corrected chi connectivity index (χ4v) is 5.14. The number of benzene rings is 1. The minimum atomic E-state index is -3.55. The minimum absolute atomic E-state index is 0.132. The zero-order valence-corrected chi connectivity index (χ0v) is 15.8. The molecule has 0 radical (unpaired) electrons. The Morgan fingerprint density at radius 1 is 1.16 bits per heavy atom. The van der Waals surface area contributed by atoms with Crippen molar-refractivity contribution in [3.63, 3.8) is 0 Å². The van der Waals surface area contributed by atoms with Crippen LogP contribution in [0.5, 0.6) is 11.5 Å². The summed E-state index contributed by atoms with van der Waals surface area (Å²) in [7, 11) is -1.85. The first-order valence-electron chi connectivity index (χ1n) is 8.58. The molecule has 0 N–H and O–H groups in total. The zero-order valence-electron chi connectivity index (χ0n) is 15.0. The van der Waals surface area contributed by atoms with Crippen molar-refractivity contribution in [2.24, 2.45) is 0 Å². The van der Waals surface area contributed by atoms with Gasteiger partial charge < -0.3 is 14.2 Å². The first kappa shape index (κ1) is 18.4. The molecule has 0 amide bonds. The number of nitrogens with zero attached hydrogens (tertiary/aromatic N) is 2. The van der Waals surface area contributed by atoms with Gasteiger partial charge in [-0.25, -0.2) is 8.42 Å². The van der Waals surface area contributed by atoms with E-state index < -0.39 is 10.0 Å². The highest BCUT2D eigenvalue weighted by atomic mass is 32.2. The maximum atomic E-state index is 13.0. The number of methoxy groups -OCH3 is 1. The normalized spacial score (nSPS) is 24.6. The van der Waals surface area contributed by atoms with E-state index in [1.807, 2.05) is 0 Å². The fourth-order valence-electron chi connectivity index (χ4n) is 3.52. The SMILES string of the molecule is COCCCN1C(C)CN(S(=O)(=O)c2ccc3c(c2)OCO3)CC1C. The van der Waals surface area contributed by atoms with Crippen LogP contribution in [0.1, 0.15) is 20.3 Å². The van der Waals surface area contributed by atoms with Crippen LogP contribution in [-0.2, 0) is 14.8 Å². The van der Waals surface area contributed by atoms with Gasteiger partial charge in [-0.1, -0.05) is 0 Å². The van der Waals surface area contributed by atoms with Gasteiger partial charge in [0.1, 0.15) is 0 Å². The van der Waals surface area contributed by atoms with Gasteiger partial charge in [-0.3, -0.25) is 4.90 Å². The molecule has 1 saturated heterocycles. The Morgan fingerprint density at radius 3 is 2.52 bits per heavy atom. The van der Waals surface area contributed by atoms with Gasteiger partial charge in [0, 0.05) is 51.5 Å². The summed E-state index contributed by atoms with van der Waals surface area (Å²) in [6, 6.07) is 5.11. The van der Waals surface area contributed by atoms with E-state index in [1.165, 1.54) is 0 Å². The van der Waals surface area contributed by atoms with E-state index in [2.05, 4.69) is 18.7 Å². The fraction of sp³-hybridized carbons (Fsp3) is 0.647. The van der Waals surface area contributed by atoms with Gasteiger partial charge in [0.25, 0.3) is 0 Å². The van der Waals surface area contributed by atoms with Crippen LogP contribution in [0.2, 0.25) is 0 Å². The lowest BCUT2D eigenvalue weighted by molar-refractivity contribution is 0.0666. The lowest BCUT2D eigenvalue weighted by Gasteiger charge is -2.43. The third kappa shape index (κ3) is 3.76. The molecule has 1 aromatic carbocycles. The van der Waals surface area contributed by atoms with E-state index >= 15 is 0 Å². The number of rotatable bonds is 6. The molecule has 2 atom stereocenters. The summed E-state index contributed by atoms with van der Waals surface area (Å²) in [4.78, 5) is 2.61. The molecule has 8 heteroatoms. The van der Waals surface area contributed by atoms with Crippen molar-refractivity contribution in [2.45, 2.75) is 37.2 Å². The van der Waals surface area contributed by atoms with E-state index in [9.17, 15) is 8.42 Å². The Kier molecular flexibility index (Phi) is 5.52. The van der Waals surface area contributed by atoms with Crippen LogP contribution >= 0.6 is 0 Å². The van der Waals surface area contributed by atoms with Crippen molar-refractivity contribution >= 4 is 10.0 Å². The topological polar surface area (TPSA) is 68.3 Å². The Bertz CT molecular complexity index is 697. The van der Waals surface area contributed by atoms with Gasteiger partial charge in [-0.15, -0.1) is 0 Å². The number of sulfonamides is 1. The van der Waals surface area contributed by atoms with Crippen LogP contribution < -0.4 is 9.47 Å². The molecule has 2 unspecified atom stereocenters. The summed E-state index contributed by atoms with van der Waals surface area (Å²) < 4.78 is 43.3. The van der Waals surface area contributed by atoms with Gasteiger partial charge in [-0.05, 0) is 32.4 Å². The average molecular weight is 370 g/mol. The molecule has 3 rings (SSSR count). The molecule has 1 fully saturated rings. The molecule has 25 heavy (non-hydrogen) atoms. The summed E-state index contributed by atoms with van der Waals surface area (Å²) >= 11 is 0. The second-order valence-corrected chi connectivity index (χ2v) is 8.56. The van der Waals surface area contributed by atoms with E-state index in [0.717, 1.165) is 19.6 Å². The third-order valence-electron chi connectivity index (χ3n) is 4.81. The molecule has 0 spiro atoms. The van der Waals surface area contributed by atoms with Gasteiger partial charge in [0.05, 0.1) is 4.90 Å². The quantitative estimate of drug-likeness (QED) is 0.708. The second kappa shape index (κ2) is 7.49. The van der Waals surface area contributed by atoms with Crippen LogP contribution in [0.4, 0.5) is 0 Å². The van der Waals surface area contributed by atoms with E-state index in [1.54, 1.807) is 29.6 Å². The lowest BCUT2D eigenvalue weighted by Crippen LogP contribution is -2.58. The van der Waals surface area contributed by atoms with Gasteiger partial charge in [-0.2, -0.15) is 4.31 Å². The van der Waals surface area contributed by atoms with Gasteiger partial charge >= 0.3 is 0 Å². The lowest BCUT2D eigenvalue weighted by atomic mass is 10.1. The van der Waals surface area contributed by atoms with Crippen molar-refractivity contribution in [1.29, 1.82) is 0 Å². The molecule has 0 aromatic heterocycles. The molecule has 2 aliphatic rings. The van der Waals surface area contributed by atoms with Gasteiger partial charge in [0.15, 0.2) is 11.5 Å². The summed E-state index contributed by atoms with van der Waals surface area (Å²) in [5.41, 5.74) is 0. The standard InChI is InChI=1S/C17H26N2O5S/c1-13-10-18(11-14(2)19(13)7-4-8-22-3)25(20,21)15-5-6-16-17(9-15)24-12-23-16/h5-6,9,13-14H,4,7-8,10-12H2,1-3H3. The number of hydrogen-bond donors (Lipinski definition) is 0. The predicted molar refractivity (Wildman–Crippen MR) is 93.4 cm³/mol. The van der Waals surface area contributed by atoms with Crippen LogP contribution in [0, 0.1) is 0 Å². The molecule has 0 saturated carbocycles. The van der Waals surface area contributed by atoms with Crippen molar-refractivity contribution in [1.82, 2.24) is 9.21 Å². The molecule has 0 aliphatic carbocycles. The van der Waals surface area contributed by atoms with E-state index in [0.29, 0.717) is 24.6 Å². The van der Waals surface area contributed by atoms with Crippen molar-refractivity contribution in [3.8, 4) is 11.5 Å². The van der Waals surface area contributed by atoms with Crippen LogP contribution in [-0.4, -0.2) is 69.9 Å². The van der Waals surface area contributed by atoms with Crippen LogP contribution in [0.15, 0.2) is 23.1 Å². The van der Waals surface area contributed by atoms with E-state index in [4.69, 9.17) is 14.2 Å². The number of piperazine rings is 1. The number of ether oxygens (including phenoxy) is 3. The monoisotopic (exact) mass is 370 g/mol. The molecule has 2 aliphatic heterocycles. The molecule has 140 valence electrons. The first-order chi connectivity index (χ1) is 11.9. The predicted octanol–water partition coefficient (Wildman–Crippen LogP) is 1.54.